The van der Waals surface area contributed by atoms with Gasteiger partial charge in [-0.25, -0.2) is 9.59 Å². The molecule has 39 heavy (non-hydrogen) atoms. The van der Waals surface area contributed by atoms with E-state index in [2.05, 4.69) is 20.5 Å². The molecule has 5 rings (SSSR count). The summed E-state index contributed by atoms with van der Waals surface area (Å²) in [4.78, 5) is 32.4. The van der Waals surface area contributed by atoms with Gasteiger partial charge in [0.05, 0.1) is 17.9 Å². The normalized spacial score (nSPS) is 15.0. The third-order valence-corrected chi connectivity index (χ3v) is 6.13. The molecule has 9 nitrogen and oxygen atoms in total. The minimum absolute atomic E-state index is 0.300. The van der Waals surface area contributed by atoms with E-state index < -0.39 is 18.4 Å². The molecule has 0 saturated carbocycles. The van der Waals surface area contributed by atoms with Gasteiger partial charge in [-0.2, -0.15) is 0 Å². The molecular weight excluding hydrogens is 515 g/mol. The summed E-state index contributed by atoms with van der Waals surface area (Å²) >= 11 is 0. The summed E-state index contributed by atoms with van der Waals surface area (Å²) in [6.07, 6.45) is -2.91. The van der Waals surface area contributed by atoms with Crippen LogP contribution in [0.5, 0.6) is 5.75 Å². The molecular formula is C27H24F3N5O4. The number of nitrogens with zero attached hydrogens (tertiary/aromatic N) is 3. The first-order chi connectivity index (χ1) is 18.6. The third-order valence-electron chi connectivity index (χ3n) is 6.13. The molecule has 1 unspecified atom stereocenters. The third kappa shape index (κ3) is 6.22. The standard InChI is InChI=1S/C27H24F3N5O4/c1-17(36)39-35-24-9-5-8-23(22(24)14-31-35)33-26(37)32-20-12-19-10-11-21(38-27(28,29)30)13-25(19)34(16-20)15-18-6-3-2-4-7-18/h2-11,13-14,20H,12,15-16H2,1H3,(H2,32,33,37). The van der Waals surface area contributed by atoms with Gasteiger partial charge < -0.3 is 25.1 Å². The number of alkyl halides is 3. The lowest BCUT2D eigenvalue weighted by Gasteiger charge is -2.37. The maximum Gasteiger partial charge on any atom is 0.573 e. The molecule has 202 valence electrons. The largest absolute Gasteiger partial charge is 0.573 e. The number of carbonyl (C=O) groups excluding carboxylic acids is 2. The first kappa shape index (κ1) is 25.9. The van der Waals surface area contributed by atoms with Crippen LogP contribution in [0.2, 0.25) is 0 Å². The van der Waals surface area contributed by atoms with Crippen LogP contribution in [-0.4, -0.2) is 40.9 Å². The van der Waals surface area contributed by atoms with Crippen LogP contribution in [0.15, 0.2) is 72.9 Å². The second-order valence-corrected chi connectivity index (χ2v) is 9.04. The van der Waals surface area contributed by atoms with Gasteiger partial charge in [0, 0.05) is 37.2 Å². The minimum atomic E-state index is -4.80. The van der Waals surface area contributed by atoms with Crippen LogP contribution in [0.25, 0.3) is 10.9 Å². The summed E-state index contributed by atoms with van der Waals surface area (Å²) in [5.74, 6) is -0.836. The number of anilines is 2. The molecule has 0 bridgehead atoms. The molecule has 2 heterocycles. The fourth-order valence-corrected chi connectivity index (χ4v) is 4.63. The Labute approximate surface area is 221 Å². The van der Waals surface area contributed by atoms with E-state index in [9.17, 15) is 22.8 Å². The highest BCUT2D eigenvalue weighted by atomic mass is 19.4. The molecule has 1 aliphatic rings. The number of rotatable bonds is 6. The molecule has 0 spiro atoms. The van der Waals surface area contributed by atoms with Gasteiger partial charge >= 0.3 is 18.4 Å². The van der Waals surface area contributed by atoms with Crippen molar-refractivity contribution in [2.75, 3.05) is 16.8 Å². The molecule has 0 fully saturated rings. The van der Waals surface area contributed by atoms with Gasteiger partial charge in [-0.05, 0) is 35.7 Å². The molecule has 3 aromatic carbocycles. The van der Waals surface area contributed by atoms with Gasteiger partial charge in [0.15, 0.2) is 0 Å². The quantitative estimate of drug-likeness (QED) is 0.370. The van der Waals surface area contributed by atoms with Crippen LogP contribution in [0.4, 0.5) is 29.3 Å². The number of urea groups is 1. The fourth-order valence-electron chi connectivity index (χ4n) is 4.63. The number of nitrogens with one attached hydrogen (secondary N) is 2. The predicted octanol–water partition coefficient (Wildman–Crippen LogP) is 4.66. The average Bonchev–Trinajstić information content (AvgIpc) is 3.27. The van der Waals surface area contributed by atoms with Crippen LogP contribution in [-0.2, 0) is 17.8 Å². The van der Waals surface area contributed by atoms with Crippen LogP contribution in [0.1, 0.15) is 18.1 Å². The number of carbonyl (C=O) groups is 2. The molecule has 1 aromatic heterocycles. The second-order valence-electron chi connectivity index (χ2n) is 9.04. The highest BCUT2D eigenvalue weighted by molar-refractivity contribution is 6.00. The molecule has 2 N–H and O–H groups in total. The molecule has 1 aliphatic heterocycles. The predicted molar refractivity (Wildman–Crippen MR) is 137 cm³/mol. The number of amides is 2. The number of ether oxygens (including phenoxy) is 1. The van der Waals surface area contributed by atoms with Crippen LogP contribution in [0, 0.1) is 0 Å². The van der Waals surface area contributed by atoms with E-state index in [1.54, 1.807) is 24.3 Å². The van der Waals surface area contributed by atoms with Gasteiger partial charge in [-0.1, -0.05) is 47.3 Å². The number of fused-ring (bicyclic) bond motifs is 2. The number of hydrogen-bond acceptors (Lipinski definition) is 6. The van der Waals surface area contributed by atoms with Crippen molar-refractivity contribution in [1.29, 1.82) is 0 Å². The lowest BCUT2D eigenvalue weighted by atomic mass is 9.97. The summed E-state index contributed by atoms with van der Waals surface area (Å²) in [7, 11) is 0. The average molecular weight is 540 g/mol. The Bertz CT molecular complexity index is 1510. The van der Waals surface area contributed by atoms with E-state index >= 15 is 0 Å². The van der Waals surface area contributed by atoms with E-state index in [0.717, 1.165) is 16.0 Å². The van der Waals surface area contributed by atoms with Crippen molar-refractivity contribution in [3.8, 4) is 5.75 Å². The molecule has 4 aromatic rings. The zero-order valence-electron chi connectivity index (χ0n) is 20.7. The summed E-state index contributed by atoms with van der Waals surface area (Å²) in [5.41, 5.74) is 3.32. The molecule has 1 atom stereocenters. The SMILES string of the molecule is CC(=O)On1ncc2c(NC(=O)NC3Cc4ccc(OC(F)(F)F)cc4N(Cc4ccccc4)C3)cccc21. The molecule has 0 saturated heterocycles. The van der Waals surface area contributed by atoms with Gasteiger partial charge in [-0.15, -0.1) is 18.3 Å². The Hall–Kier alpha value is -4.74. The summed E-state index contributed by atoms with van der Waals surface area (Å²) in [6.45, 7) is 2.05. The smallest absolute Gasteiger partial charge is 0.406 e. The van der Waals surface area contributed by atoms with E-state index in [4.69, 9.17) is 4.84 Å². The van der Waals surface area contributed by atoms with Crippen LogP contribution < -0.4 is 25.1 Å². The molecule has 12 heteroatoms. The Kier molecular flexibility index (Phi) is 7.01. The highest BCUT2D eigenvalue weighted by Crippen LogP contribution is 2.34. The number of halogens is 3. The van der Waals surface area contributed by atoms with Crippen molar-refractivity contribution in [1.82, 2.24) is 15.3 Å². The summed E-state index contributed by atoms with van der Waals surface area (Å²) in [5, 5.41) is 10.4. The van der Waals surface area contributed by atoms with Gasteiger partial charge in [0.2, 0.25) is 0 Å². The Morgan fingerprint density at radius 2 is 1.87 bits per heavy atom. The first-order valence-corrected chi connectivity index (χ1v) is 12.1. The van der Waals surface area contributed by atoms with Crippen molar-refractivity contribution in [3.05, 3.63) is 84.1 Å². The molecule has 0 radical (unpaired) electrons. The maximum atomic E-state index is 13.0. The van der Waals surface area contributed by atoms with Crippen molar-refractivity contribution in [2.45, 2.75) is 32.3 Å². The Balaban J connectivity index is 1.34. The Morgan fingerprint density at radius 1 is 1.08 bits per heavy atom. The van der Waals surface area contributed by atoms with E-state index in [0.29, 0.717) is 41.8 Å². The van der Waals surface area contributed by atoms with Crippen molar-refractivity contribution in [3.63, 3.8) is 0 Å². The van der Waals surface area contributed by atoms with Crippen LogP contribution >= 0.6 is 0 Å². The zero-order chi connectivity index (χ0) is 27.6. The molecule has 2 amide bonds. The number of aromatic nitrogens is 2. The molecule has 0 aliphatic carbocycles. The number of benzene rings is 3. The van der Waals surface area contributed by atoms with E-state index in [-0.39, 0.29) is 11.8 Å². The summed E-state index contributed by atoms with van der Waals surface area (Å²) < 4.78 is 42.7. The number of hydrogen-bond donors (Lipinski definition) is 2. The minimum Gasteiger partial charge on any atom is -0.406 e. The Morgan fingerprint density at radius 3 is 2.62 bits per heavy atom. The monoisotopic (exact) mass is 539 g/mol. The van der Waals surface area contributed by atoms with Crippen molar-refractivity contribution >= 4 is 34.3 Å². The topological polar surface area (TPSA) is 97.7 Å². The van der Waals surface area contributed by atoms with E-state index in [1.165, 1.54) is 25.3 Å². The van der Waals surface area contributed by atoms with Crippen molar-refractivity contribution < 1.29 is 32.3 Å². The van der Waals surface area contributed by atoms with Gasteiger partial charge in [0.1, 0.15) is 11.3 Å². The van der Waals surface area contributed by atoms with E-state index in [1.807, 2.05) is 35.2 Å². The lowest BCUT2D eigenvalue weighted by molar-refractivity contribution is -0.274. The van der Waals surface area contributed by atoms with Crippen molar-refractivity contribution in [2.24, 2.45) is 0 Å². The van der Waals surface area contributed by atoms with Gasteiger partial charge in [0.25, 0.3) is 0 Å². The second kappa shape index (κ2) is 10.6. The first-order valence-electron chi connectivity index (χ1n) is 12.1. The van der Waals surface area contributed by atoms with Gasteiger partial charge in [-0.3, -0.25) is 0 Å². The zero-order valence-corrected chi connectivity index (χ0v) is 20.7. The highest BCUT2D eigenvalue weighted by Gasteiger charge is 2.32. The fraction of sp³-hybridized carbons (Fsp3) is 0.222. The van der Waals surface area contributed by atoms with Crippen LogP contribution in [0.3, 0.4) is 0 Å². The maximum absolute atomic E-state index is 13.0. The lowest BCUT2D eigenvalue weighted by Crippen LogP contribution is -2.49. The summed E-state index contributed by atoms with van der Waals surface area (Å²) in [6, 6.07) is 18.0.